The van der Waals surface area contributed by atoms with Crippen LogP contribution in [0.1, 0.15) is 65.1 Å². The average molecular weight is 414 g/mol. The summed E-state index contributed by atoms with van der Waals surface area (Å²) in [4.78, 5) is 34.1. The van der Waals surface area contributed by atoms with Gasteiger partial charge in [0, 0.05) is 31.7 Å². The number of amides is 2. The number of aromatic nitrogens is 1. The van der Waals surface area contributed by atoms with Gasteiger partial charge in [0.1, 0.15) is 11.6 Å². The number of carbonyl (C=O) groups is 2. The van der Waals surface area contributed by atoms with E-state index in [1.165, 1.54) is 10.5 Å². The number of carbonyl (C=O) groups excluding carboxylic acids is 2. The molecule has 30 heavy (non-hydrogen) atoms. The van der Waals surface area contributed by atoms with Crippen LogP contribution in [0.25, 0.3) is 6.08 Å². The van der Waals surface area contributed by atoms with E-state index in [-0.39, 0.29) is 17.2 Å². The van der Waals surface area contributed by atoms with Gasteiger partial charge in [-0.3, -0.25) is 14.7 Å². The van der Waals surface area contributed by atoms with Crippen LogP contribution in [0.3, 0.4) is 0 Å². The molecule has 164 valence electrons. The second-order valence-electron chi connectivity index (χ2n) is 9.99. The Morgan fingerprint density at radius 1 is 1.27 bits per heavy atom. The lowest BCUT2D eigenvalue weighted by Crippen LogP contribution is -2.54. The number of hydrogen-bond acceptors (Lipinski definition) is 4. The first-order valence-electron chi connectivity index (χ1n) is 10.9. The molecule has 1 aliphatic carbocycles. The molecule has 0 aromatic carbocycles. The van der Waals surface area contributed by atoms with Gasteiger partial charge < -0.3 is 9.64 Å². The molecule has 1 spiro atoms. The number of likely N-dealkylation sites (tertiary alicyclic amines) is 1. The second kappa shape index (κ2) is 8.40. The van der Waals surface area contributed by atoms with E-state index in [1.54, 1.807) is 7.05 Å². The standard InChI is InChI=1S/C24H35N3O3/c1-17(2)16-19(26(6)22(29)30-23(3,4)5)21(28)27-14-11-24(12-15-27)10-9-18-8-7-13-25-20(18)24/h7-10,13,17,19H,11-12,14-16H2,1-6H3/t19-/m1/s1. The van der Waals surface area contributed by atoms with Gasteiger partial charge in [-0.05, 0) is 57.6 Å². The van der Waals surface area contributed by atoms with Gasteiger partial charge in [0.2, 0.25) is 5.91 Å². The first kappa shape index (κ1) is 22.3. The van der Waals surface area contributed by atoms with Crippen molar-refractivity contribution in [2.45, 2.75) is 70.9 Å². The van der Waals surface area contributed by atoms with E-state index in [0.29, 0.717) is 19.5 Å². The third kappa shape index (κ3) is 4.68. The summed E-state index contributed by atoms with van der Waals surface area (Å²) in [5.74, 6) is 0.295. The minimum absolute atomic E-state index is 0.00938. The summed E-state index contributed by atoms with van der Waals surface area (Å²) in [5.41, 5.74) is 1.64. The zero-order valence-electron chi connectivity index (χ0n) is 19.1. The first-order chi connectivity index (χ1) is 14.0. The number of ether oxygens (including phenoxy) is 1. The highest BCUT2D eigenvalue weighted by Crippen LogP contribution is 2.42. The SMILES string of the molecule is CC(C)C[C@H](C(=O)N1CCC2(C=Cc3cccnc32)CC1)N(C)C(=O)OC(C)(C)C. The maximum atomic E-state index is 13.4. The fourth-order valence-electron chi connectivity index (χ4n) is 4.37. The highest BCUT2D eigenvalue weighted by Gasteiger charge is 2.42. The number of nitrogens with zero attached hydrogens (tertiary/aromatic N) is 3. The molecule has 0 N–H and O–H groups in total. The fraction of sp³-hybridized carbons (Fsp3) is 0.625. The summed E-state index contributed by atoms with van der Waals surface area (Å²) in [7, 11) is 1.67. The Labute approximate surface area is 180 Å². The van der Waals surface area contributed by atoms with E-state index >= 15 is 0 Å². The molecule has 1 aliphatic heterocycles. The molecule has 0 saturated carbocycles. The largest absolute Gasteiger partial charge is 0.444 e. The third-order valence-corrected chi connectivity index (χ3v) is 5.99. The lowest BCUT2D eigenvalue weighted by Gasteiger charge is -2.41. The smallest absolute Gasteiger partial charge is 0.410 e. The van der Waals surface area contributed by atoms with Crippen LogP contribution in [0.2, 0.25) is 0 Å². The number of fused-ring (bicyclic) bond motifs is 2. The van der Waals surface area contributed by atoms with Crippen molar-refractivity contribution in [3.63, 3.8) is 0 Å². The van der Waals surface area contributed by atoms with Crippen LogP contribution >= 0.6 is 0 Å². The van der Waals surface area contributed by atoms with Crippen LogP contribution in [-0.2, 0) is 14.9 Å². The number of pyridine rings is 1. The molecule has 6 heteroatoms. The minimum Gasteiger partial charge on any atom is -0.444 e. The van der Waals surface area contributed by atoms with Crippen molar-refractivity contribution < 1.29 is 14.3 Å². The van der Waals surface area contributed by atoms with E-state index in [9.17, 15) is 9.59 Å². The summed E-state index contributed by atoms with van der Waals surface area (Å²) in [6, 6.07) is 3.54. The third-order valence-electron chi connectivity index (χ3n) is 5.99. The van der Waals surface area contributed by atoms with Crippen LogP contribution in [0.5, 0.6) is 0 Å². The number of likely N-dealkylation sites (N-methyl/N-ethyl adjacent to an activating group) is 1. The molecule has 0 bridgehead atoms. The summed E-state index contributed by atoms with van der Waals surface area (Å²) >= 11 is 0. The van der Waals surface area contributed by atoms with Crippen LogP contribution in [0.4, 0.5) is 4.79 Å². The van der Waals surface area contributed by atoms with Gasteiger partial charge in [-0.2, -0.15) is 0 Å². The highest BCUT2D eigenvalue weighted by molar-refractivity contribution is 5.86. The topological polar surface area (TPSA) is 62.7 Å². The Morgan fingerprint density at radius 2 is 1.93 bits per heavy atom. The fourth-order valence-corrected chi connectivity index (χ4v) is 4.37. The molecule has 1 fully saturated rings. The Hall–Kier alpha value is -2.37. The van der Waals surface area contributed by atoms with Crippen LogP contribution in [0, 0.1) is 5.92 Å². The van der Waals surface area contributed by atoms with Gasteiger partial charge in [-0.25, -0.2) is 4.79 Å². The number of hydrogen-bond donors (Lipinski definition) is 0. The van der Waals surface area contributed by atoms with Crippen molar-refractivity contribution in [3.8, 4) is 0 Å². The summed E-state index contributed by atoms with van der Waals surface area (Å²) in [6.45, 7) is 11.0. The summed E-state index contributed by atoms with van der Waals surface area (Å²) in [5, 5.41) is 0. The lowest BCUT2D eigenvalue weighted by atomic mass is 9.77. The van der Waals surface area contributed by atoms with Gasteiger partial charge in [-0.1, -0.05) is 32.1 Å². The summed E-state index contributed by atoms with van der Waals surface area (Å²) in [6.07, 6.45) is 8.11. The predicted molar refractivity (Wildman–Crippen MR) is 118 cm³/mol. The normalized spacial score (nSPS) is 18.4. The van der Waals surface area contributed by atoms with E-state index in [4.69, 9.17) is 4.74 Å². The maximum absolute atomic E-state index is 13.4. The van der Waals surface area contributed by atoms with Gasteiger partial charge in [0.15, 0.2) is 0 Å². The molecule has 0 radical (unpaired) electrons. The lowest BCUT2D eigenvalue weighted by molar-refractivity contribution is -0.138. The molecule has 1 aromatic rings. The molecular weight excluding hydrogens is 378 g/mol. The molecule has 2 heterocycles. The Kier molecular flexibility index (Phi) is 6.25. The zero-order valence-corrected chi connectivity index (χ0v) is 19.1. The van der Waals surface area contributed by atoms with Crippen LogP contribution in [-0.4, -0.2) is 58.6 Å². The molecule has 1 saturated heterocycles. The molecule has 2 amide bonds. The Bertz CT molecular complexity index is 817. The number of piperidine rings is 1. The monoisotopic (exact) mass is 413 g/mol. The van der Waals surface area contributed by atoms with Gasteiger partial charge in [-0.15, -0.1) is 0 Å². The van der Waals surface area contributed by atoms with E-state index in [2.05, 4.69) is 37.0 Å². The summed E-state index contributed by atoms with van der Waals surface area (Å²) < 4.78 is 5.51. The van der Waals surface area contributed by atoms with Gasteiger partial charge in [0.05, 0.1) is 5.69 Å². The van der Waals surface area contributed by atoms with Gasteiger partial charge in [0.25, 0.3) is 0 Å². The van der Waals surface area contributed by atoms with Crippen molar-refractivity contribution in [2.75, 3.05) is 20.1 Å². The molecule has 6 nitrogen and oxygen atoms in total. The van der Waals surface area contributed by atoms with Crippen molar-refractivity contribution in [2.24, 2.45) is 5.92 Å². The molecule has 2 aliphatic rings. The van der Waals surface area contributed by atoms with Crippen molar-refractivity contribution in [1.29, 1.82) is 0 Å². The molecule has 1 atom stereocenters. The average Bonchev–Trinajstić information content (AvgIpc) is 3.03. The van der Waals surface area contributed by atoms with E-state index in [1.807, 2.05) is 37.9 Å². The quantitative estimate of drug-likeness (QED) is 0.740. The predicted octanol–water partition coefficient (Wildman–Crippen LogP) is 4.25. The van der Waals surface area contributed by atoms with Crippen LogP contribution < -0.4 is 0 Å². The van der Waals surface area contributed by atoms with Crippen molar-refractivity contribution in [1.82, 2.24) is 14.8 Å². The Morgan fingerprint density at radius 3 is 2.53 bits per heavy atom. The zero-order chi connectivity index (χ0) is 22.1. The minimum atomic E-state index is -0.594. The number of rotatable bonds is 4. The molecule has 3 rings (SSSR count). The molecular formula is C24H35N3O3. The van der Waals surface area contributed by atoms with Crippen molar-refractivity contribution in [3.05, 3.63) is 35.7 Å². The molecule has 0 unspecified atom stereocenters. The first-order valence-corrected chi connectivity index (χ1v) is 10.9. The maximum Gasteiger partial charge on any atom is 0.410 e. The van der Waals surface area contributed by atoms with Crippen molar-refractivity contribution >= 4 is 18.1 Å². The Balaban J connectivity index is 1.71. The number of allylic oxidation sites excluding steroid dienone is 1. The van der Waals surface area contributed by atoms with Crippen LogP contribution in [0.15, 0.2) is 24.4 Å². The molecule has 1 aromatic heterocycles. The van der Waals surface area contributed by atoms with Gasteiger partial charge >= 0.3 is 6.09 Å². The van der Waals surface area contributed by atoms with E-state index < -0.39 is 17.7 Å². The highest BCUT2D eigenvalue weighted by atomic mass is 16.6. The second-order valence-corrected chi connectivity index (χ2v) is 9.99. The van der Waals surface area contributed by atoms with E-state index in [0.717, 1.165) is 18.5 Å².